The van der Waals surface area contributed by atoms with Crippen molar-refractivity contribution in [2.24, 2.45) is 23.3 Å². The van der Waals surface area contributed by atoms with Crippen LogP contribution in [0.15, 0.2) is 48.5 Å². The van der Waals surface area contributed by atoms with Crippen LogP contribution in [0, 0.1) is 11.8 Å². The Hall–Kier alpha value is -1.80. The number of rotatable bonds is 25. The average molecular weight is 581 g/mol. The van der Waals surface area contributed by atoms with Gasteiger partial charge >= 0.3 is 0 Å². The Morgan fingerprint density at radius 1 is 0.524 bits per heavy atom. The number of nitrogens with one attached hydrogen (secondary N) is 4. The van der Waals surface area contributed by atoms with Crippen LogP contribution in [0.1, 0.15) is 77.3 Å². The van der Waals surface area contributed by atoms with Crippen molar-refractivity contribution in [3.05, 3.63) is 59.7 Å². The standard InChI is InChI=1S/C36H64N6/c1-29(2)27-41-20-10-18-39-16-8-14-35(37)25-31-22-32(24-34(23-31)33-12-6-5-7-13-33)26-36(38)15-9-17-40-19-11-21-42-28-30(3)4/h5-7,12-13,22-24,29-30,35-36,39-42H,8-11,14-21,25-28,37-38H2,1-4H3. The van der Waals surface area contributed by atoms with E-state index in [1.165, 1.54) is 35.1 Å². The lowest BCUT2D eigenvalue weighted by atomic mass is 9.92. The van der Waals surface area contributed by atoms with Crippen molar-refractivity contribution >= 4 is 0 Å². The SMILES string of the molecule is CC(C)CNCCCNCCCC(N)Cc1cc(CC(N)CCCNCCCNCC(C)C)cc(-c2ccccc2)c1. The fourth-order valence-electron chi connectivity index (χ4n) is 5.29. The highest BCUT2D eigenvalue weighted by Gasteiger charge is 2.11. The van der Waals surface area contributed by atoms with Gasteiger partial charge in [0.2, 0.25) is 0 Å². The molecule has 2 atom stereocenters. The van der Waals surface area contributed by atoms with Gasteiger partial charge in [-0.25, -0.2) is 0 Å². The van der Waals surface area contributed by atoms with Crippen molar-refractivity contribution in [1.82, 2.24) is 21.3 Å². The van der Waals surface area contributed by atoms with Gasteiger partial charge in [-0.1, -0.05) is 76.2 Å². The van der Waals surface area contributed by atoms with E-state index in [2.05, 4.69) is 97.5 Å². The molecule has 0 aliphatic rings. The lowest BCUT2D eigenvalue weighted by Crippen LogP contribution is -2.27. The van der Waals surface area contributed by atoms with Crippen LogP contribution < -0.4 is 32.7 Å². The third-order valence-corrected chi connectivity index (χ3v) is 7.53. The van der Waals surface area contributed by atoms with Gasteiger partial charge in [-0.15, -0.1) is 0 Å². The molecule has 2 aromatic rings. The van der Waals surface area contributed by atoms with E-state index >= 15 is 0 Å². The van der Waals surface area contributed by atoms with Crippen molar-refractivity contribution in [1.29, 1.82) is 0 Å². The molecule has 42 heavy (non-hydrogen) atoms. The minimum Gasteiger partial charge on any atom is -0.327 e. The number of hydrogen-bond donors (Lipinski definition) is 6. The summed E-state index contributed by atoms with van der Waals surface area (Å²) in [6.45, 7) is 17.6. The van der Waals surface area contributed by atoms with Crippen molar-refractivity contribution in [2.45, 2.75) is 91.1 Å². The molecule has 0 aliphatic carbocycles. The Labute approximate surface area is 258 Å². The number of nitrogens with two attached hydrogens (primary N) is 2. The lowest BCUT2D eigenvalue weighted by Gasteiger charge is -2.17. The summed E-state index contributed by atoms with van der Waals surface area (Å²) >= 11 is 0. The zero-order valence-electron chi connectivity index (χ0n) is 27.4. The highest BCUT2D eigenvalue weighted by Crippen LogP contribution is 2.24. The molecule has 0 saturated carbocycles. The van der Waals surface area contributed by atoms with Crippen LogP contribution in [0.25, 0.3) is 11.1 Å². The molecule has 6 nitrogen and oxygen atoms in total. The maximum atomic E-state index is 6.63. The molecular weight excluding hydrogens is 516 g/mol. The van der Waals surface area contributed by atoms with Crippen LogP contribution in [-0.2, 0) is 12.8 Å². The van der Waals surface area contributed by atoms with Crippen LogP contribution in [0.2, 0.25) is 0 Å². The molecule has 0 spiro atoms. The van der Waals surface area contributed by atoms with Gasteiger partial charge in [-0.05, 0) is 138 Å². The predicted molar refractivity (Wildman–Crippen MR) is 184 cm³/mol. The fourth-order valence-corrected chi connectivity index (χ4v) is 5.29. The van der Waals surface area contributed by atoms with Crippen molar-refractivity contribution in [2.75, 3.05) is 52.4 Å². The third kappa shape index (κ3) is 18.0. The molecule has 0 amide bonds. The van der Waals surface area contributed by atoms with Crippen LogP contribution in [0.4, 0.5) is 0 Å². The van der Waals surface area contributed by atoms with Gasteiger partial charge in [0.1, 0.15) is 0 Å². The van der Waals surface area contributed by atoms with E-state index in [1.54, 1.807) is 0 Å². The molecule has 0 heterocycles. The first-order valence-electron chi connectivity index (χ1n) is 16.9. The van der Waals surface area contributed by atoms with Gasteiger partial charge in [-0.2, -0.15) is 0 Å². The Bertz CT molecular complexity index is 864. The first kappa shape index (κ1) is 36.4. The Balaban J connectivity index is 1.77. The maximum Gasteiger partial charge on any atom is 0.00798 e. The van der Waals surface area contributed by atoms with E-state index in [1.807, 2.05) is 0 Å². The monoisotopic (exact) mass is 581 g/mol. The van der Waals surface area contributed by atoms with Gasteiger partial charge in [0.25, 0.3) is 0 Å². The van der Waals surface area contributed by atoms with Crippen LogP contribution in [0.3, 0.4) is 0 Å². The number of benzene rings is 2. The summed E-state index contributed by atoms with van der Waals surface area (Å²) in [5.41, 5.74) is 18.4. The van der Waals surface area contributed by atoms with Gasteiger partial charge < -0.3 is 32.7 Å². The van der Waals surface area contributed by atoms with Crippen molar-refractivity contribution in [3.8, 4) is 11.1 Å². The first-order chi connectivity index (χ1) is 20.3. The molecule has 8 N–H and O–H groups in total. The Morgan fingerprint density at radius 3 is 1.40 bits per heavy atom. The topological polar surface area (TPSA) is 100 Å². The summed E-state index contributed by atoms with van der Waals surface area (Å²) in [4.78, 5) is 0. The average Bonchev–Trinajstić information content (AvgIpc) is 2.95. The normalized spacial score (nSPS) is 13.2. The van der Waals surface area contributed by atoms with E-state index in [0.717, 1.165) is 90.9 Å². The van der Waals surface area contributed by atoms with E-state index in [4.69, 9.17) is 11.5 Å². The maximum absolute atomic E-state index is 6.63. The minimum atomic E-state index is 0.165. The summed E-state index contributed by atoms with van der Waals surface area (Å²) in [6.07, 6.45) is 8.42. The molecule has 0 aliphatic heterocycles. The van der Waals surface area contributed by atoms with E-state index in [9.17, 15) is 0 Å². The molecule has 238 valence electrons. The molecule has 0 fully saturated rings. The second kappa shape index (κ2) is 22.7. The summed E-state index contributed by atoms with van der Waals surface area (Å²) in [5.74, 6) is 1.43. The molecule has 2 unspecified atom stereocenters. The molecule has 0 radical (unpaired) electrons. The molecule has 0 bridgehead atoms. The van der Waals surface area contributed by atoms with E-state index in [-0.39, 0.29) is 12.1 Å². The zero-order chi connectivity index (χ0) is 30.4. The second-order valence-electron chi connectivity index (χ2n) is 13.0. The van der Waals surface area contributed by atoms with Gasteiger partial charge in [0.05, 0.1) is 0 Å². The highest BCUT2D eigenvalue weighted by atomic mass is 14.9. The van der Waals surface area contributed by atoms with Crippen molar-refractivity contribution in [3.63, 3.8) is 0 Å². The quantitative estimate of drug-likeness (QED) is 0.0914. The van der Waals surface area contributed by atoms with E-state index in [0.29, 0.717) is 11.8 Å². The largest absolute Gasteiger partial charge is 0.327 e. The summed E-state index contributed by atoms with van der Waals surface area (Å²) < 4.78 is 0. The van der Waals surface area contributed by atoms with E-state index < -0.39 is 0 Å². The molecular formula is C36H64N6. The molecule has 0 saturated heterocycles. The highest BCUT2D eigenvalue weighted by molar-refractivity contribution is 5.65. The number of hydrogen-bond acceptors (Lipinski definition) is 6. The van der Waals surface area contributed by atoms with Gasteiger partial charge in [0.15, 0.2) is 0 Å². The lowest BCUT2D eigenvalue weighted by molar-refractivity contribution is 0.514. The van der Waals surface area contributed by atoms with Crippen molar-refractivity contribution < 1.29 is 0 Å². The smallest absolute Gasteiger partial charge is 0.00798 e. The van der Waals surface area contributed by atoms with Crippen LogP contribution in [0.5, 0.6) is 0 Å². The zero-order valence-corrected chi connectivity index (χ0v) is 27.4. The molecule has 2 aromatic carbocycles. The Morgan fingerprint density at radius 2 is 0.952 bits per heavy atom. The summed E-state index contributed by atoms with van der Waals surface area (Å²) in [7, 11) is 0. The summed E-state index contributed by atoms with van der Waals surface area (Å²) in [6, 6.07) is 18.0. The van der Waals surface area contributed by atoms with Crippen LogP contribution >= 0.6 is 0 Å². The fraction of sp³-hybridized carbons (Fsp3) is 0.667. The van der Waals surface area contributed by atoms with Gasteiger partial charge in [-0.3, -0.25) is 0 Å². The molecule has 0 aromatic heterocycles. The molecule has 2 rings (SSSR count). The Kier molecular flexibility index (Phi) is 19.7. The minimum absolute atomic E-state index is 0.165. The molecule has 6 heteroatoms. The predicted octanol–water partition coefficient (Wildman–Crippen LogP) is 5.10. The first-order valence-corrected chi connectivity index (χ1v) is 16.9. The van der Waals surface area contributed by atoms with Gasteiger partial charge in [0, 0.05) is 12.1 Å². The third-order valence-electron chi connectivity index (χ3n) is 7.53. The van der Waals surface area contributed by atoms with Crippen LogP contribution in [-0.4, -0.2) is 64.4 Å². The second-order valence-corrected chi connectivity index (χ2v) is 13.0. The summed E-state index contributed by atoms with van der Waals surface area (Å²) in [5, 5.41) is 14.2.